The lowest BCUT2D eigenvalue weighted by molar-refractivity contribution is 0.281. The molecular formula is C12H16FNO5S2. The van der Waals surface area contributed by atoms with Gasteiger partial charge in [0, 0.05) is 13.1 Å². The van der Waals surface area contributed by atoms with Gasteiger partial charge >= 0.3 is 0 Å². The fourth-order valence-corrected chi connectivity index (χ4v) is 5.56. The minimum Gasteiger partial charge on any atom is -0.392 e. The van der Waals surface area contributed by atoms with E-state index in [-0.39, 0.29) is 23.5 Å². The molecule has 0 aromatic heterocycles. The third-order valence-corrected chi connectivity index (χ3v) is 7.25. The van der Waals surface area contributed by atoms with Gasteiger partial charge in [0.15, 0.2) is 9.84 Å². The highest BCUT2D eigenvalue weighted by molar-refractivity contribution is 7.92. The molecule has 0 amide bonds. The topological polar surface area (TPSA) is 91.8 Å². The van der Waals surface area contributed by atoms with Crippen LogP contribution in [0.5, 0.6) is 0 Å². The smallest absolute Gasteiger partial charge is 0.246 e. The first kappa shape index (κ1) is 16.3. The molecule has 1 fully saturated rings. The van der Waals surface area contributed by atoms with Crippen molar-refractivity contribution in [3.05, 3.63) is 29.6 Å². The van der Waals surface area contributed by atoms with E-state index in [1.165, 1.54) is 13.1 Å². The summed E-state index contributed by atoms with van der Waals surface area (Å²) in [5, 5.41) is 8.90. The number of hydrogen-bond acceptors (Lipinski definition) is 5. The number of nitrogens with zero attached hydrogens (tertiary/aromatic N) is 1. The normalized spacial score (nSPS) is 21.8. The number of sulfone groups is 1. The number of aliphatic hydroxyl groups excluding tert-OH is 1. The second-order valence-electron chi connectivity index (χ2n) is 5.00. The SMILES string of the molecule is CN(C1CCS(=O)(=O)C1)S(=O)(=O)c1ccc(CO)cc1F. The van der Waals surface area contributed by atoms with Gasteiger partial charge in [-0.05, 0) is 24.1 Å². The van der Waals surface area contributed by atoms with E-state index < -0.39 is 43.2 Å². The second kappa shape index (κ2) is 5.64. The summed E-state index contributed by atoms with van der Waals surface area (Å²) in [7, 11) is -6.10. The van der Waals surface area contributed by atoms with Crippen LogP contribution in [0.1, 0.15) is 12.0 Å². The van der Waals surface area contributed by atoms with Crippen LogP contribution in [0, 0.1) is 5.82 Å². The molecule has 1 N–H and O–H groups in total. The number of hydrogen-bond donors (Lipinski definition) is 1. The summed E-state index contributed by atoms with van der Waals surface area (Å²) >= 11 is 0. The highest BCUT2D eigenvalue weighted by atomic mass is 32.2. The van der Waals surface area contributed by atoms with Crippen LogP contribution in [-0.2, 0) is 26.5 Å². The third kappa shape index (κ3) is 3.25. The van der Waals surface area contributed by atoms with Gasteiger partial charge in [-0.15, -0.1) is 0 Å². The van der Waals surface area contributed by atoms with Crippen molar-refractivity contribution in [3.63, 3.8) is 0 Å². The number of sulfonamides is 1. The Morgan fingerprint density at radius 1 is 1.43 bits per heavy atom. The molecule has 118 valence electrons. The van der Waals surface area contributed by atoms with Gasteiger partial charge in [-0.2, -0.15) is 4.31 Å². The zero-order valence-electron chi connectivity index (χ0n) is 11.4. The van der Waals surface area contributed by atoms with Crippen molar-refractivity contribution in [3.8, 4) is 0 Å². The average Bonchev–Trinajstić information content (AvgIpc) is 2.77. The largest absolute Gasteiger partial charge is 0.392 e. The molecule has 1 atom stereocenters. The first-order valence-corrected chi connectivity index (χ1v) is 9.51. The zero-order valence-corrected chi connectivity index (χ0v) is 13.0. The Kier molecular flexibility index (Phi) is 4.39. The minimum atomic E-state index is -4.12. The standard InChI is InChI=1S/C12H16FNO5S2/c1-14(10-4-5-20(16,17)8-10)21(18,19)12-3-2-9(7-15)6-11(12)13/h2-3,6,10,15H,4-5,7-8H2,1H3. The van der Waals surface area contributed by atoms with Crippen molar-refractivity contribution in [1.29, 1.82) is 0 Å². The van der Waals surface area contributed by atoms with Crippen LogP contribution in [0.4, 0.5) is 4.39 Å². The second-order valence-corrected chi connectivity index (χ2v) is 9.20. The Balaban J connectivity index is 2.34. The van der Waals surface area contributed by atoms with Crippen LogP contribution in [0.2, 0.25) is 0 Å². The van der Waals surface area contributed by atoms with Gasteiger partial charge in [0.25, 0.3) is 0 Å². The highest BCUT2D eigenvalue weighted by Gasteiger charge is 2.37. The lowest BCUT2D eigenvalue weighted by Gasteiger charge is -2.23. The average molecular weight is 337 g/mol. The molecule has 21 heavy (non-hydrogen) atoms. The predicted molar refractivity (Wildman–Crippen MR) is 74.3 cm³/mol. The molecule has 2 rings (SSSR count). The Bertz CT molecular complexity index is 745. The number of aliphatic hydroxyl groups is 1. The van der Waals surface area contributed by atoms with Crippen LogP contribution in [0.3, 0.4) is 0 Å². The van der Waals surface area contributed by atoms with Crippen molar-refractivity contribution in [2.24, 2.45) is 0 Å². The summed E-state index contributed by atoms with van der Waals surface area (Å²) < 4.78 is 62.4. The lowest BCUT2D eigenvalue weighted by atomic mass is 10.2. The maximum Gasteiger partial charge on any atom is 0.246 e. The van der Waals surface area contributed by atoms with Crippen molar-refractivity contribution in [1.82, 2.24) is 4.31 Å². The molecule has 0 saturated carbocycles. The van der Waals surface area contributed by atoms with Gasteiger partial charge in [-0.25, -0.2) is 21.2 Å². The van der Waals surface area contributed by atoms with Crippen molar-refractivity contribution >= 4 is 19.9 Å². The van der Waals surface area contributed by atoms with Gasteiger partial charge in [0.2, 0.25) is 10.0 Å². The first-order chi connectivity index (χ1) is 9.67. The maximum absolute atomic E-state index is 13.9. The summed E-state index contributed by atoms with van der Waals surface area (Å²) in [6, 6.07) is 2.66. The van der Waals surface area contributed by atoms with E-state index in [2.05, 4.69) is 0 Å². The fourth-order valence-electron chi connectivity index (χ4n) is 2.27. The molecule has 0 aliphatic carbocycles. The fraction of sp³-hybridized carbons (Fsp3) is 0.500. The van der Waals surface area contributed by atoms with Crippen molar-refractivity contribution in [2.45, 2.75) is 24.0 Å². The summed E-state index contributed by atoms with van der Waals surface area (Å²) in [5.41, 5.74) is 0.262. The van der Waals surface area contributed by atoms with Crippen LogP contribution < -0.4 is 0 Å². The summed E-state index contributed by atoms with van der Waals surface area (Å²) in [5.74, 6) is -1.28. The Morgan fingerprint density at radius 2 is 2.10 bits per heavy atom. The van der Waals surface area contributed by atoms with Gasteiger partial charge < -0.3 is 5.11 Å². The summed E-state index contributed by atoms with van der Waals surface area (Å²) in [4.78, 5) is -0.522. The molecule has 1 unspecified atom stereocenters. The monoisotopic (exact) mass is 337 g/mol. The molecule has 1 aliphatic rings. The third-order valence-electron chi connectivity index (χ3n) is 3.56. The van der Waals surface area contributed by atoms with Gasteiger partial charge in [0.05, 0.1) is 18.1 Å². The van der Waals surface area contributed by atoms with E-state index in [1.807, 2.05) is 0 Å². The highest BCUT2D eigenvalue weighted by Crippen LogP contribution is 2.25. The molecule has 1 heterocycles. The van der Waals surface area contributed by atoms with Crippen molar-refractivity contribution < 1.29 is 26.3 Å². The number of benzene rings is 1. The number of halogens is 1. The minimum absolute atomic E-state index is 0.0660. The molecule has 1 aliphatic heterocycles. The number of rotatable bonds is 4. The molecule has 0 radical (unpaired) electrons. The molecule has 1 aromatic rings. The Morgan fingerprint density at radius 3 is 2.57 bits per heavy atom. The zero-order chi connectivity index (χ0) is 15.8. The van der Waals surface area contributed by atoms with Crippen molar-refractivity contribution in [2.75, 3.05) is 18.6 Å². The van der Waals surface area contributed by atoms with Gasteiger partial charge in [-0.3, -0.25) is 0 Å². The summed E-state index contributed by atoms with van der Waals surface area (Å²) in [6.45, 7) is -0.395. The molecule has 1 saturated heterocycles. The quantitative estimate of drug-likeness (QED) is 0.843. The maximum atomic E-state index is 13.9. The molecule has 1 aromatic carbocycles. The lowest BCUT2D eigenvalue weighted by Crippen LogP contribution is -2.38. The van der Waals surface area contributed by atoms with Crippen LogP contribution in [-0.4, -0.2) is 50.8 Å². The molecule has 0 bridgehead atoms. The van der Waals surface area contributed by atoms with E-state index in [0.717, 1.165) is 16.4 Å². The van der Waals surface area contributed by atoms with Gasteiger partial charge in [-0.1, -0.05) is 6.07 Å². The van der Waals surface area contributed by atoms with Crippen LogP contribution in [0.25, 0.3) is 0 Å². The van der Waals surface area contributed by atoms with Gasteiger partial charge in [0.1, 0.15) is 10.7 Å². The predicted octanol–water partition coefficient (Wildman–Crippen LogP) is 0.126. The van der Waals surface area contributed by atoms with E-state index in [9.17, 15) is 21.2 Å². The van der Waals surface area contributed by atoms with Crippen LogP contribution >= 0.6 is 0 Å². The van der Waals surface area contributed by atoms with E-state index in [4.69, 9.17) is 5.11 Å². The molecule has 6 nitrogen and oxygen atoms in total. The molecule has 9 heteroatoms. The summed E-state index contributed by atoms with van der Waals surface area (Å²) in [6.07, 6.45) is 0.203. The van der Waals surface area contributed by atoms with Crippen LogP contribution in [0.15, 0.2) is 23.1 Å². The molecule has 0 spiro atoms. The molecular weight excluding hydrogens is 321 g/mol. The van der Waals surface area contributed by atoms with E-state index in [1.54, 1.807) is 0 Å². The van der Waals surface area contributed by atoms with E-state index >= 15 is 0 Å². The Labute approximate surface area is 123 Å². The Hall–Kier alpha value is -1.03. The van der Waals surface area contributed by atoms with E-state index in [0.29, 0.717) is 0 Å². The first-order valence-electron chi connectivity index (χ1n) is 6.25.